The molecule has 0 aliphatic rings. The number of sulfonamides is 1. The van der Waals surface area contributed by atoms with Crippen LogP contribution in [0.5, 0.6) is 0 Å². The lowest BCUT2D eigenvalue weighted by Gasteiger charge is -2.20. The highest BCUT2D eigenvalue weighted by molar-refractivity contribution is 7.91. The molecule has 1 heterocycles. The van der Waals surface area contributed by atoms with Gasteiger partial charge in [0, 0.05) is 5.56 Å². The summed E-state index contributed by atoms with van der Waals surface area (Å²) in [7, 11) is -3.84. The highest BCUT2D eigenvalue weighted by Crippen LogP contribution is 2.30. The quantitative estimate of drug-likeness (QED) is 0.665. The summed E-state index contributed by atoms with van der Waals surface area (Å²) in [5.41, 5.74) is -1.45. The zero-order valence-corrected chi connectivity index (χ0v) is 9.10. The van der Waals surface area contributed by atoms with Crippen molar-refractivity contribution >= 4 is 21.4 Å². The average molecular weight is 237 g/mol. The van der Waals surface area contributed by atoms with Crippen molar-refractivity contribution in [2.24, 2.45) is 5.14 Å². The molecule has 14 heavy (non-hydrogen) atoms. The third-order valence-electron chi connectivity index (χ3n) is 1.78. The van der Waals surface area contributed by atoms with E-state index >= 15 is 0 Å². The second kappa shape index (κ2) is 3.59. The SMILES string of the molecule is CC(O)(CO)c1ccsc1S(N)(=O)=O. The highest BCUT2D eigenvalue weighted by Gasteiger charge is 2.29. The van der Waals surface area contributed by atoms with Gasteiger partial charge in [-0.15, -0.1) is 11.3 Å². The van der Waals surface area contributed by atoms with E-state index in [-0.39, 0.29) is 9.77 Å². The molecule has 1 unspecified atom stereocenters. The maximum atomic E-state index is 11.1. The van der Waals surface area contributed by atoms with Crippen LogP contribution >= 0.6 is 11.3 Å². The Morgan fingerprint density at radius 3 is 2.64 bits per heavy atom. The van der Waals surface area contributed by atoms with Crippen molar-refractivity contribution in [3.05, 3.63) is 17.0 Å². The van der Waals surface area contributed by atoms with E-state index in [1.807, 2.05) is 0 Å². The van der Waals surface area contributed by atoms with E-state index in [1.165, 1.54) is 18.4 Å². The van der Waals surface area contributed by atoms with E-state index in [1.54, 1.807) is 0 Å². The molecular formula is C7H11NO4S2. The van der Waals surface area contributed by atoms with Gasteiger partial charge < -0.3 is 10.2 Å². The van der Waals surface area contributed by atoms with Crippen LogP contribution in [0.2, 0.25) is 0 Å². The predicted molar refractivity (Wildman–Crippen MR) is 52.3 cm³/mol. The fourth-order valence-corrected chi connectivity index (χ4v) is 3.04. The minimum Gasteiger partial charge on any atom is -0.393 e. The number of hydrogen-bond acceptors (Lipinski definition) is 5. The van der Waals surface area contributed by atoms with Gasteiger partial charge in [0.05, 0.1) is 6.61 Å². The van der Waals surface area contributed by atoms with E-state index in [4.69, 9.17) is 10.2 Å². The summed E-state index contributed by atoms with van der Waals surface area (Å²) >= 11 is 0.915. The number of thiophene rings is 1. The van der Waals surface area contributed by atoms with Gasteiger partial charge in [-0.1, -0.05) is 0 Å². The lowest BCUT2D eigenvalue weighted by Crippen LogP contribution is -2.28. The van der Waals surface area contributed by atoms with Crippen molar-refractivity contribution in [1.29, 1.82) is 0 Å². The van der Waals surface area contributed by atoms with Crippen LogP contribution in [0.25, 0.3) is 0 Å². The van der Waals surface area contributed by atoms with E-state index in [0.717, 1.165) is 11.3 Å². The Bertz CT molecular complexity index is 421. The van der Waals surface area contributed by atoms with Gasteiger partial charge in [-0.3, -0.25) is 0 Å². The number of primary sulfonamides is 1. The van der Waals surface area contributed by atoms with Gasteiger partial charge >= 0.3 is 0 Å². The van der Waals surface area contributed by atoms with Crippen molar-refractivity contribution in [2.45, 2.75) is 16.7 Å². The molecule has 0 radical (unpaired) electrons. The molecule has 0 fully saturated rings. The van der Waals surface area contributed by atoms with Crippen LogP contribution in [-0.4, -0.2) is 25.2 Å². The lowest BCUT2D eigenvalue weighted by atomic mass is 10.0. The van der Waals surface area contributed by atoms with Crippen LogP contribution < -0.4 is 5.14 Å². The summed E-state index contributed by atoms with van der Waals surface area (Å²) in [5, 5.41) is 25.0. The van der Waals surface area contributed by atoms with Gasteiger partial charge in [0.2, 0.25) is 10.0 Å². The average Bonchev–Trinajstić information content (AvgIpc) is 2.51. The Morgan fingerprint density at radius 2 is 2.21 bits per heavy atom. The zero-order valence-electron chi connectivity index (χ0n) is 7.47. The molecule has 0 aliphatic heterocycles. The fourth-order valence-electron chi connectivity index (χ4n) is 1.00. The second-order valence-corrected chi connectivity index (χ2v) is 5.77. The second-order valence-electron chi connectivity index (χ2n) is 3.10. The monoisotopic (exact) mass is 237 g/mol. The molecule has 0 aromatic carbocycles. The molecule has 0 spiro atoms. The van der Waals surface area contributed by atoms with Crippen LogP contribution in [0.15, 0.2) is 15.7 Å². The first-order chi connectivity index (χ1) is 6.29. The van der Waals surface area contributed by atoms with E-state index < -0.39 is 22.2 Å². The molecule has 0 amide bonds. The van der Waals surface area contributed by atoms with E-state index in [0.29, 0.717) is 0 Å². The minimum atomic E-state index is -3.84. The molecule has 0 bridgehead atoms. The summed E-state index contributed by atoms with van der Waals surface area (Å²) in [4.78, 5) is 0. The minimum absolute atomic E-state index is 0.114. The molecule has 1 aromatic heterocycles. The van der Waals surface area contributed by atoms with Crippen LogP contribution in [0.1, 0.15) is 12.5 Å². The first-order valence-corrected chi connectivity index (χ1v) is 6.15. The molecule has 5 nitrogen and oxygen atoms in total. The standard InChI is InChI=1S/C7H11NO4S2/c1-7(10,4-9)5-2-3-13-6(5)14(8,11)12/h2-3,9-10H,4H2,1H3,(H2,8,11,12). The molecule has 0 saturated heterocycles. The molecule has 7 heteroatoms. The van der Waals surface area contributed by atoms with Gasteiger partial charge in [-0.05, 0) is 18.4 Å². The summed E-state index contributed by atoms with van der Waals surface area (Å²) in [6.07, 6.45) is 0. The molecule has 1 rings (SSSR count). The Balaban J connectivity index is 3.32. The number of rotatable bonds is 3. The van der Waals surface area contributed by atoms with Crippen molar-refractivity contribution in [3.63, 3.8) is 0 Å². The number of nitrogens with two attached hydrogens (primary N) is 1. The number of aliphatic hydroxyl groups excluding tert-OH is 1. The van der Waals surface area contributed by atoms with Gasteiger partial charge in [0.15, 0.2) is 0 Å². The first kappa shape index (κ1) is 11.6. The largest absolute Gasteiger partial charge is 0.393 e. The van der Waals surface area contributed by atoms with Crippen LogP contribution in [0.4, 0.5) is 0 Å². The fraction of sp³-hybridized carbons (Fsp3) is 0.429. The summed E-state index contributed by atoms with van der Waals surface area (Å²) in [5.74, 6) is 0. The van der Waals surface area contributed by atoms with Crippen LogP contribution in [0.3, 0.4) is 0 Å². The third-order valence-corrected chi connectivity index (χ3v) is 4.20. The highest BCUT2D eigenvalue weighted by atomic mass is 32.2. The molecule has 1 atom stereocenters. The topological polar surface area (TPSA) is 101 Å². The van der Waals surface area contributed by atoms with Gasteiger partial charge in [-0.2, -0.15) is 0 Å². The first-order valence-electron chi connectivity index (χ1n) is 3.73. The van der Waals surface area contributed by atoms with Gasteiger partial charge in [-0.25, -0.2) is 13.6 Å². The Hall–Kier alpha value is -0.470. The van der Waals surface area contributed by atoms with E-state index in [9.17, 15) is 13.5 Å². The smallest absolute Gasteiger partial charge is 0.247 e. The van der Waals surface area contributed by atoms with E-state index in [2.05, 4.69) is 0 Å². The Labute approximate surface area is 85.9 Å². The molecule has 1 aromatic rings. The maximum absolute atomic E-state index is 11.1. The lowest BCUT2D eigenvalue weighted by molar-refractivity contribution is -0.00397. The van der Waals surface area contributed by atoms with Crippen molar-refractivity contribution in [2.75, 3.05) is 6.61 Å². The van der Waals surface area contributed by atoms with Crippen LogP contribution in [0, 0.1) is 0 Å². The maximum Gasteiger partial charge on any atom is 0.247 e. The summed E-state index contributed by atoms with van der Waals surface area (Å²) in [6, 6.07) is 1.43. The molecule has 80 valence electrons. The molecule has 0 aliphatic carbocycles. The van der Waals surface area contributed by atoms with Crippen molar-refractivity contribution in [3.8, 4) is 0 Å². The van der Waals surface area contributed by atoms with Crippen LogP contribution in [-0.2, 0) is 15.6 Å². The van der Waals surface area contributed by atoms with Crippen molar-refractivity contribution in [1.82, 2.24) is 0 Å². The van der Waals surface area contributed by atoms with Gasteiger partial charge in [0.25, 0.3) is 0 Å². The number of hydrogen-bond donors (Lipinski definition) is 3. The zero-order chi connectivity index (χ0) is 11.0. The van der Waals surface area contributed by atoms with Gasteiger partial charge in [0.1, 0.15) is 9.81 Å². The number of aliphatic hydroxyl groups is 2. The molecule has 4 N–H and O–H groups in total. The summed E-state index contributed by atoms with van der Waals surface area (Å²) < 4.78 is 22.0. The Kier molecular flexibility index (Phi) is 2.98. The van der Waals surface area contributed by atoms with Crippen molar-refractivity contribution < 1.29 is 18.6 Å². The predicted octanol–water partition coefficient (Wildman–Crippen LogP) is -0.405. The Morgan fingerprint density at radius 1 is 1.64 bits per heavy atom. The molecular weight excluding hydrogens is 226 g/mol. The summed E-state index contributed by atoms with van der Waals surface area (Å²) in [6.45, 7) is 0.760. The normalized spacial score (nSPS) is 16.6. The molecule has 0 saturated carbocycles. The third kappa shape index (κ3) is 2.12.